The minimum Gasteiger partial charge on any atom is -0.482 e. The lowest BCUT2D eigenvalue weighted by Gasteiger charge is -2.07. The van der Waals surface area contributed by atoms with Gasteiger partial charge in [0.15, 0.2) is 6.61 Å². The summed E-state index contributed by atoms with van der Waals surface area (Å²) in [7, 11) is 1.24. The van der Waals surface area contributed by atoms with E-state index < -0.39 is 23.2 Å². The number of benzene rings is 2. The number of rotatable bonds is 4. The van der Waals surface area contributed by atoms with Crippen LogP contribution in [0.2, 0.25) is 0 Å². The molecule has 3 rings (SSSR count). The van der Waals surface area contributed by atoms with Crippen LogP contribution in [-0.4, -0.2) is 19.7 Å². The van der Waals surface area contributed by atoms with Gasteiger partial charge >= 0.3 is 11.6 Å². The molecule has 5 nitrogen and oxygen atoms in total. The number of methoxy groups -OCH3 is 1. The summed E-state index contributed by atoms with van der Waals surface area (Å²) in [5.74, 6) is -1.82. The molecule has 1 aromatic heterocycles. The Morgan fingerprint density at radius 2 is 1.80 bits per heavy atom. The van der Waals surface area contributed by atoms with Crippen LogP contribution in [-0.2, 0) is 9.53 Å². The zero-order chi connectivity index (χ0) is 18.0. The second-order valence-corrected chi connectivity index (χ2v) is 5.17. The van der Waals surface area contributed by atoms with E-state index in [0.717, 1.165) is 18.2 Å². The first-order valence-electron chi connectivity index (χ1n) is 7.20. The molecule has 0 spiro atoms. The molecule has 3 aromatic rings. The third-order valence-electron chi connectivity index (χ3n) is 3.47. The van der Waals surface area contributed by atoms with E-state index >= 15 is 0 Å². The van der Waals surface area contributed by atoms with Crippen LogP contribution < -0.4 is 10.4 Å². The molecule has 1 heterocycles. The van der Waals surface area contributed by atoms with Gasteiger partial charge in [-0.1, -0.05) is 0 Å². The maximum Gasteiger partial charge on any atom is 0.344 e. The fraction of sp³-hybridized carbons (Fsp3) is 0.111. The van der Waals surface area contributed by atoms with E-state index in [1.54, 1.807) is 12.1 Å². The summed E-state index contributed by atoms with van der Waals surface area (Å²) >= 11 is 0. The number of ether oxygens (including phenoxy) is 2. The van der Waals surface area contributed by atoms with E-state index in [-0.39, 0.29) is 23.3 Å². The highest BCUT2D eigenvalue weighted by atomic mass is 19.1. The van der Waals surface area contributed by atoms with Crippen molar-refractivity contribution in [3.63, 3.8) is 0 Å². The lowest BCUT2D eigenvalue weighted by molar-refractivity contribution is -0.142. The van der Waals surface area contributed by atoms with E-state index in [9.17, 15) is 18.4 Å². The van der Waals surface area contributed by atoms with E-state index in [0.29, 0.717) is 11.1 Å². The molecule has 0 saturated carbocycles. The maximum atomic E-state index is 13.4. The van der Waals surface area contributed by atoms with Gasteiger partial charge in [0, 0.05) is 17.5 Å². The largest absolute Gasteiger partial charge is 0.482 e. The topological polar surface area (TPSA) is 65.7 Å². The minimum absolute atomic E-state index is 0.0362. The van der Waals surface area contributed by atoms with Crippen molar-refractivity contribution < 1.29 is 27.5 Å². The molecule has 0 amide bonds. The molecule has 0 unspecified atom stereocenters. The Labute approximate surface area is 140 Å². The molecule has 0 saturated heterocycles. The van der Waals surface area contributed by atoms with Gasteiger partial charge in [-0.15, -0.1) is 0 Å². The summed E-state index contributed by atoms with van der Waals surface area (Å²) < 4.78 is 41.6. The third-order valence-corrected chi connectivity index (χ3v) is 3.47. The zero-order valence-corrected chi connectivity index (χ0v) is 13.0. The van der Waals surface area contributed by atoms with Crippen molar-refractivity contribution in [3.8, 4) is 16.9 Å². The fourth-order valence-corrected chi connectivity index (χ4v) is 2.29. The first kappa shape index (κ1) is 16.6. The van der Waals surface area contributed by atoms with Crippen LogP contribution in [0.25, 0.3) is 22.1 Å². The predicted molar refractivity (Wildman–Crippen MR) is 85.3 cm³/mol. The smallest absolute Gasteiger partial charge is 0.344 e. The standard InChI is InChI=1S/C18H12F2O5/c1-23-17(21)9-24-14-3-2-10-6-15(18(22)25-16(10)8-14)11-4-12(19)7-13(20)5-11/h2-8H,9H2,1H3. The molecule has 0 aliphatic rings. The summed E-state index contributed by atoms with van der Waals surface area (Å²) in [6.07, 6.45) is 0. The van der Waals surface area contributed by atoms with Crippen molar-refractivity contribution in [2.45, 2.75) is 0 Å². The Bertz CT molecular complexity index is 990. The summed E-state index contributed by atoms with van der Waals surface area (Å²) in [5, 5.41) is 0.532. The van der Waals surface area contributed by atoms with Crippen LogP contribution in [0.1, 0.15) is 0 Å². The lowest BCUT2D eigenvalue weighted by Crippen LogP contribution is -2.12. The summed E-state index contributed by atoms with van der Waals surface area (Å²) in [6.45, 7) is -0.285. The Kier molecular flexibility index (Phi) is 4.47. The van der Waals surface area contributed by atoms with E-state index in [2.05, 4.69) is 4.74 Å². The summed E-state index contributed by atoms with van der Waals surface area (Å²) in [4.78, 5) is 23.2. The third kappa shape index (κ3) is 3.65. The van der Waals surface area contributed by atoms with Crippen molar-refractivity contribution in [1.82, 2.24) is 0 Å². The van der Waals surface area contributed by atoms with Gasteiger partial charge in [-0.05, 0) is 35.9 Å². The highest BCUT2D eigenvalue weighted by molar-refractivity contribution is 5.83. The molecule has 0 atom stereocenters. The van der Waals surface area contributed by atoms with Crippen LogP contribution in [0.5, 0.6) is 5.75 Å². The first-order valence-corrected chi connectivity index (χ1v) is 7.20. The van der Waals surface area contributed by atoms with Gasteiger partial charge in [0.05, 0.1) is 12.7 Å². The van der Waals surface area contributed by atoms with Crippen LogP contribution >= 0.6 is 0 Å². The van der Waals surface area contributed by atoms with Crippen molar-refractivity contribution in [3.05, 3.63) is 64.5 Å². The Balaban J connectivity index is 2.00. The Hall–Kier alpha value is -3.22. The van der Waals surface area contributed by atoms with E-state index in [1.807, 2.05) is 0 Å². The van der Waals surface area contributed by atoms with Crippen molar-refractivity contribution in [2.75, 3.05) is 13.7 Å². The highest BCUT2D eigenvalue weighted by Gasteiger charge is 2.11. The van der Waals surface area contributed by atoms with Gasteiger partial charge in [0.25, 0.3) is 0 Å². The molecular weight excluding hydrogens is 334 g/mol. The van der Waals surface area contributed by atoms with Gasteiger partial charge in [0.1, 0.15) is 23.0 Å². The van der Waals surface area contributed by atoms with E-state index in [4.69, 9.17) is 9.15 Å². The molecule has 0 bridgehead atoms. The van der Waals surface area contributed by atoms with Crippen molar-refractivity contribution in [1.29, 1.82) is 0 Å². The number of hydrogen-bond donors (Lipinski definition) is 0. The highest BCUT2D eigenvalue weighted by Crippen LogP contribution is 2.25. The van der Waals surface area contributed by atoms with Crippen LogP contribution in [0.15, 0.2) is 51.7 Å². The second kappa shape index (κ2) is 6.72. The minimum atomic E-state index is -0.791. The number of esters is 1. The molecule has 0 aliphatic heterocycles. The monoisotopic (exact) mass is 346 g/mol. The first-order chi connectivity index (χ1) is 12.0. The molecule has 0 radical (unpaired) electrons. The average molecular weight is 346 g/mol. The SMILES string of the molecule is COC(=O)COc1ccc2cc(-c3cc(F)cc(F)c3)c(=O)oc2c1. The average Bonchev–Trinajstić information content (AvgIpc) is 2.57. The fourth-order valence-electron chi connectivity index (χ4n) is 2.29. The molecule has 2 aromatic carbocycles. The quantitative estimate of drug-likeness (QED) is 0.536. The predicted octanol–water partition coefficient (Wildman–Crippen LogP) is 3.29. The summed E-state index contributed by atoms with van der Waals surface area (Å²) in [5.41, 5.74) is -0.413. The van der Waals surface area contributed by atoms with Gasteiger partial charge in [-0.2, -0.15) is 0 Å². The Morgan fingerprint density at radius 1 is 1.08 bits per heavy atom. The van der Waals surface area contributed by atoms with E-state index in [1.165, 1.54) is 19.2 Å². The van der Waals surface area contributed by atoms with Crippen LogP contribution in [0.3, 0.4) is 0 Å². The normalized spacial score (nSPS) is 10.7. The molecule has 0 aliphatic carbocycles. The summed E-state index contributed by atoms with van der Waals surface area (Å²) in [6, 6.07) is 8.90. The number of carbonyl (C=O) groups is 1. The zero-order valence-electron chi connectivity index (χ0n) is 13.0. The molecule has 128 valence electrons. The van der Waals surface area contributed by atoms with Crippen molar-refractivity contribution in [2.24, 2.45) is 0 Å². The molecule has 25 heavy (non-hydrogen) atoms. The van der Waals surface area contributed by atoms with Gasteiger partial charge in [-0.25, -0.2) is 18.4 Å². The van der Waals surface area contributed by atoms with Gasteiger partial charge in [0.2, 0.25) is 0 Å². The number of hydrogen-bond acceptors (Lipinski definition) is 5. The van der Waals surface area contributed by atoms with Crippen LogP contribution in [0, 0.1) is 11.6 Å². The van der Waals surface area contributed by atoms with Crippen LogP contribution in [0.4, 0.5) is 8.78 Å². The molecular formula is C18H12F2O5. The molecule has 0 N–H and O–H groups in total. The maximum absolute atomic E-state index is 13.4. The van der Waals surface area contributed by atoms with Crippen molar-refractivity contribution >= 4 is 16.9 Å². The number of halogens is 2. The lowest BCUT2D eigenvalue weighted by atomic mass is 10.1. The molecule has 0 fully saturated rings. The molecule has 7 heteroatoms. The number of carbonyl (C=O) groups excluding carboxylic acids is 1. The van der Waals surface area contributed by atoms with Gasteiger partial charge < -0.3 is 13.9 Å². The van der Waals surface area contributed by atoms with Gasteiger partial charge in [-0.3, -0.25) is 0 Å². The number of fused-ring (bicyclic) bond motifs is 1. The Morgan fingerprint density at radius 3 is 2.48 bits per heavy atom. The second-order valence-electron chi connectivity index (χ2n) is 5.17.